The fraction of sp³-hybridized carbons (Fsp3) is 0.529. The quantitative estimate of drug-likeness (QED) is 0.902. The predicted molar refractivity (Wildman–Crippen MR) is 85.8 cm³/mol. The molecule has 2 aliphatic rings. The van der Waals surface area contributed by atoms with E-state index in [1.54, 1.807) is 6.07 Å². The summed E-state index contributed by atoms with van der Waals surface area (Å²) in [4.78, 5) is 28.0. The van der Waals surface area contributed by atoms with E-state index >= 15 is 0 Å². The van der Waals surface area contributed by atoms with E-state index in [1.165, 1.54) is 4.90 Å². The molecule has 5 nitrogen and oxygen atoms in total. The average molecular weight is 337 g/mol. The Bertz CT molecular complexity index is 657. The Kier molecular flexibility index (Phi) is 4.19. The highest BCUT2D eigenvalue weighted by atomic mass is 19.3. The van der Waals surface area contributed by atoms with Crippen LogP contribution in [-0.4, -0.2) is 46.8 Å². The molecule has 1 saturated heterocycles. The molecule has 2 heterocycles. The van der Waals surface area contributed by atoms with E-state index in [4.69, 9.17) is 0 Å². The number of alkyl halides is 2. The van der Waals surface area contributed by atoms with Gasteiger partial charge >= 0.3 is 6.03 Å². The lowest BCUT2D eigenvalue weighted by Crippen LogP contribution is -2.63. The minimum atomic E-state index is -2.83. The number of amides is 3. The molecule has 2 unspecified atom stereocenters. The second-order valence-corrected chi connectivity index (χ2v) is 6.60. The normalized spacial score (nSPS) is 23.7. The zero-order valence-electron chi connectivity index (χ0n) is 13.8. The summed E-state index contributed by atoms with van der Waals surface area (Å²) in [6, 6.07) is 6.08. The maximum Gasteiger partial charge on any atom is 0.321 e. The first kappa shape index (κ1) is 16.7. The van der Waals surface area contributed by atoms with Gasteiger partial charge in [0.15, 0.2) is 0 Å². The van der Waals surface area contributed by atoms with Crippen molar-refractivity contribution in [2.45, 2.75) is 38.8 Å². The van der Waals surface area contributed by atoms with E-state index < -0.39 is 31.1 Å². The highest BCUT2D eigenvalue weighted by Crippen LogP contribution is 2.32. The first-order valence-electron chi connectivity index (χ1n) is 8.14. The number of hydrogen-bond donors (Lipinski definition) is 1. The van der Waals surface area contributed by atoms with Gasteiger partial charge in [-0.25, -0.2) is 13.6 Å². The highest BCUT2D eigenvalue weighted by Gasteiger charge is 2.49. The molecule has 130 valence electrons. The molecule has 1 aromatic rings. The van der Waals surface area contributed by atoms with Crippen LogP contribution in [0.25, 0.3) is 0 Å². The number of benzene rings is 1. The van der Waals surface area contributed by atoms with E-state index in [-0.39, 0.29) is 18.4 Å². The number of carbonyl (C=O) groups is 2. The molecule has 3 rings (SSSR count). The summed E-state index contributed by atoms with van der Waals surface area (Å²) in [7, 11) is 0. The first-order valence-corrected chi connectivity index (χ1v) is 8.14. The molecule has 0 spiro atoms. The molecule has 2 atom stereocenters. The molecule has 0 aliphatic carbocycles. The standard InChI is InChI=1S/C17H21F2N3O2/c1-3-11(2)14-15(23)20-13-7-5-4-6-12(13)8-22(14)16(24)21-9-17(18,19)10-21/h4-7,11,14H,3,8-10H2,1-2H3,(H,20,23). The van der Waals surface area contributed by atoms with Crippen molar-refractivity contribution in [3.05, 3.63) is 29.8 Å². The maximum atomic E-state index is 13.1. The summed E-state index contributed by atoms with van der Waals surface area (Å²) < 4.78 is 26.3. The van der Waals surface area contributed by atoms with Crippen LogP contribution >= 0.6 is 0 Å². The topological polar surface area (TPSA) is 52.7 Å². The smallest absolute Gasteiger partial charge is 0.321 e. The molecule has 24 heavy (non-hydrogen) atoms. The number of nitrogens with zero attached hydrogens (tertiary/aromatic N) is 2. The van der Waals surface area contributed by atoms with Crippen LogP contribution in [0.2, 0.25) is 0 Å². The van der Waals surface area contributed by atoms with Crippen LogP contribution in [0.1, 0.15) is 25.8 Å². The third kappa shape index (κ3) is 2.95. The van der Waals surface area contributed by atoms with Gasteiger partial charge in [0, 0.05) is 5.69 Å². The third-order valence-electron chi connectivity index (χ3n) is 4.76. The van der Waals surface area contributed by atoms with Crippen LogP contribution in [0, 0.1) is 5.92 Å². The molecular weight excluding hydrogens is 316 g/mol. The zero-order valence-corrected chi connectivity index (χ0v) is 13.8. The molecule has 0 aromatic heterocycles. The lowest BCUT2D eigenvalue weighted by atomic mass is 9.96. The van der Waals surface area contributed by atoms with Crippen molar-refractivity contribution in [1.82, 2.24) is 9.80 Å². The van der Waals surface area contributed by atoms with Gasteiger partial charge in [-0.15, -0.1) is 0 Å². The van der Waals surface area contributed by atoms with Gasteiger partial charge in [-0.05, 0) is 17.5 Å². The Morgan fingerprint density at radius 3 is 2.67 bits per heavy atom. The van der Waals surface area contributed by atoms with Gasteiger partial charge in [0.2, 0.25) is 5.91 Å². The summed E-state index contributed by atoms with van der Waals surface area (Å²) in [5, 5.41) is 2.86. The number of anilines is 1. The Hall–Kier alpha value is -2.18. The van der Waals surface area contributed by atoms with Crippen LogP contribution in [0.4, 0.5) is 19.3 Å². The van der Waals surface area contributed by atoms with Gasteiger partial charge in [0.25, 0.3) is 5.92 Å². The number of halogens is 2. The van der Waals surface area contributed by atoms with Crippen LogP contribution in [0.5, 0.6) is 0 Å². The van der Waals surface area contributed by atoms with Crippen molar-refractivity contribution < 1.29 is 18.4 Å². The maximum absolute atomic E-state index is 13.1. The van der Waals surface area contributed by atoms with E-state index in [2.05, 4.69) is 5.32 Å². The van der Waals surface area contributed by atoms with Crippen LogP contribution < -0.4 is 5.32 Å². The Labute approximate surface area is 139 Å². The van der Waals surface area contributed by atoms with Crippen molar-refractivity contribution in [2.75, 3.05) is 18.4 Å². The molecule has 0 saturated carbocycles. The van der Waals surface area contributed by atoms with Gasteiger partial charge in [0.05, 0.1) is 19.6 Å². The monoisotopic (exact) mass is 337 g/mol. The largest absolute Gasteiger partial charge is 0.324 e. The number of para-hydroxylation sites is 1. The van der Waals surface area contributed by atoms with Crippen molar-refractivity contribution in [2.24, 2.45) is 5.92 Å². The molecule has 3 amide bonds. The van der Waals surface area contributed by atoms with Crippen molar-refractivity contribution in [3.8, 4) is 0 Å². The molecule has 1 aromatic carbocycles. The number of carbonyl (C=O) groups excluding carboxylic acids is 2. The minimum Gasteiger partial charge on any atom is -0.324 e. The summed E-state index contributed by atoms with van der Waals surface area (Å²) in [5.41, 5.74) is 1.47. The SMILES string of the molecule is CCC(C)C1C(=O)Nc2ccccc2CN1C(=O)N1CC(F)(F)C1. The number of nitrogens with one attached hydrogen (secondary N) is 1. The Morgan fingerprint density at radius 2 is 2.04 bits per heavy atom. The van der Waals surface area contributed by atoms with Crippen molar-refractivity contribution in [3.63, 3.8) is 0 Å². The number of rotatable bonds is 2. The second-order valence-electron chi connectivity index (χ2n) is 6.60. The van der Waals surface area contributed by atoms with Crippen molar-refractivity contribution >= 4 is 17.6 Å². The molecular formula is C17H21F2N3O2. The van der Waals surface area contributed by atoms with Gasteiger partial charge < -0.3 is 15.1 Å². The number of urea groups is 1. The molecule has 0 bridgehead atoms. The molecule has 1 N–H and O–H groups in total. The fourth-order valence-electron chi connectivity index (χ4n) is 3.21. The number of hydrogen-bond acceptors (Lipinski definition) is 2. The molecule has 7 heteroatoms. The molecule has 0 radical (unpaired) electrons. The highest BCUT2D eigenvalue weighted by molar-refractivity contribution is 5.99. The van der Waals surface area contributed by atoms with E-state index in [1.807, 2.05) is 32.0 Å². The second kappa shape index (κ2) is 6.03. The number of fused-ring (bicyclic) bond motifs is 1. The lowest BCUT2D eigenvalue weighted by Gasteiger charge is -2.43. The average Bonchev–Trinajstić information content (AvgIpc) is 2.66. The fourth-order valence-corrected chi connectivity index (χ4v) is 3.21. The minimum absolute atomic E-state index is 0.0787. The van der Waals surface area contributed by atoms with Crippen LogP contribution in [-0.2, 0) is 11.3 Å². The van der Waals surface area contributed by atoms with Gasteiger partial charge in [-0.3, -0.25) is 4.79 Å². The van der Waals surface area contributed by atoms with Gasteiger partial charge in [0.1, 0.15) is 6.04 Å². The van der Waals surface area contributed by atoms with Gasteiger partial charge in [-0.1, -0.05) is 38.5 Å². The van der Waals surface area contributed by atoms with E-state index in [0.717, 1.165) is 10.5 Å². The Morgan fingerprint density at radius 1 is 1.38 bits per heavy atom. The van der Waals surface area contributed by atoms with Gasteiger partial charge in [-0.2, -0.15) is 0 Å². The summed E-state index contributed by atoms with van der Waals surface area (Å²) >= 11 is 0. The zero-order chi connectivity index (χ0) is 17.5. The van der Waals surface area contributed by atoms with Crippen molar-refractivity contribution in [1.29, 1.82) is 0 Å². The number of likely N-dealkylation sites (tertiary alicyclic amines) is 1. The van der Waals surface area contributed by atoms with E-state index in [0.29, 0.717) is 12.1 Å². The molecule has 2 aliphatic heterocycles. The molecule has 1 fully saturated rings. The van der Waals surface area contributed by atoms with Crippen LogP contribution in [0.15, 0.2) is 24.3 Å². The third-order valence-corrected chi connectivity index (χ3v) is 4.76. The Balaban J connectivity index is 1.92. The summed E-state index contributed by atoms with van der Waals surface area (Å²) in [6.45, 7) is 2.89. The first-order chi connectivity index (χ1) is 11.3. The summed E-state index contributed by atoms with van der Waals surface area (Å²) in [5.74, 6) is -3.17. The van der Waals surface area contributed by atoms with Crippen LogP contribution in [0.3, 0.4) is 0 Å². The predicted octanol–water partition coefficient (Wildman–Crippen LogP) is 2.93. The van der Waals surface area contributed by atoms with E-state index in [9.17, 15) is 18.4 Å². The summed E-state index contributed by atoms with van der Waals surface area (Å²) in [6.07, 6.45) is 0.703. The lowest BCUT2D eigenvalue weighted by molar-refractivity contribution is -0.126.